The van der Waals surface area contributed by atoms with Crippen LogP contribution in [0.2, 0.25) is 0 Å². The van der Waals surface area contributed by atoms with E-state index in [1.54, 1.807) is 12.1 Å². The highest BCUT2D eigenvalue weighted by molar-refractivity contribution is 5.48. The minimum absolute atomic E-state index is 0.0943. The molecule has 0 amide bonds. The standard InChI is InChI=1S/C13H18N2O/c1-3-13(2,8-9-16)15-12-6-4-11(10-14)5-7-12/h4-7,15-16H,3,8-9H2,1-2H3. The number of anilines is 1. The third-order valence-electron chi connectivity index (χ3n) is 2.90. The summed E-state index contributed by atoms with van der Waals surface area (Å²) < 4.78 is 0. The molecule has 0 aromatic heterocycles. The van der Waals surface area contributed by atoms with Gasteiger partial charge >= 0.3 is 0 Å². The van der Waals surface area contributed by atoms with Gasteiger partial charge in [0.25, 0.3) is 0 Å². The van der Waals surface area contributed by atoms with Crippen molar-refractivity contribution in [2.24, 2.45) is 0 Å². The van der Waals surface area contributed by atoms with E-state index in [4.69, 9.17) is 10.4 Å². The quantitative estimate of drug-likeness (QED) is 0.798. The fourth-order valence-corrected chi connectivity index (χ4v) is 1.55. The fourth-order valence-electron chi connectivity index (χ4n) is 1.55. The van der Waals surface area contributed by atoms with Crippen molar-refractivity contribution in [1.29, 1.82) is 5.26 Å². The topological polar surface area (TPSA) is 56.0 Å². The van der Waals surface area contributed by atoms with Crippen molar-refractivity contribution < 1.29 is 5.11 Å². The molecule has 3 heteroatoms. The highest BCUT2D eigenvalue weighted by Crippen LogP contribution is 2.21. The summed E-state index contributed by atoms with van der Waals surface area (Å²) in [5.41, 5.74) is 1.55. The summed E-state index contributed by atoms with van der Waals surface area (Å²) >= 11 is 0. The zero-order valence-electron chi connectivity index (χ0n) is 9.83. The Balaban J connectivity index is 2.75. The predicted molar refractivity (Wildman–Crippen MR) is 65.2 cm³/mol. The zero-order chi connectivity index (χ0) is 12.0. The number of rotatable bonds is 5. The van der Waals surface area contributed by atoms with Crippen LogP contribution in [0.1, 0.15) is 32.3 Å². The van der Waals surface area contributed by atoms with Crippen LogP contribution in [0.4, 0.5) is 5.69 Å². The number of aliphatic hydroxyl groups excluding tert-OH is 1. The van der Waals surface area contributed by atoms with Gasteiger partial charge in [-0.1, -0.05) is 6.92 Å². The molecular weight excluding hydrogens is 200 g/mol. The molecule has 3 nitrogen and oxygen atoms in total. The lowest BCUT2D eigenvalue weighted by molar-refractivity contribution is 0.252. The van der Waals surface area contributed by atoms with Gasteiger partial charge in [-0.2, -0.15) is 5.26 Å². The van der Waals surface area contributed by atoms with Crippen LogP contribution in [0, 0.1) is 11.3 Å². The third-order valence-corrected chi connectivity index (χ3v) is 2.90. The predicted octanol–water partition coefficient (Wildman–Crippen LogP) is 2.52. The fraction of sp³-hybridized carbons (Fsp3) is 0.462. The van der Waals surface area contributed by atoms with Gasteiger partial charge in [0.05, 0.1) is 11.6 Å². The molecule has 0 saturated heterocycles. The van der Waals surface area contributed by atoms with Crippen LogP contribution in [0.25, 0.3) is 0 Å². The largest absolute Gasteiger partial charge is 0.396 e. The first-order valence-corrected chi connectivity index (χ1v) is 5.53. The van der Waals surface area contributed by atoms with Crippen LogP contribution in [-0.4, -0.2) is 17.3 Å². The van der Waals surface area contributed by atoms with E-state index in [9.17, 15) is 0 Å². The minimum Gasteiger partial charge on any atom is -0.396 e. The van der Waals surface area contributed by atoms with E-state index < -0.39 is 0 Å². The van der Waals surface area contributed by atoms with Gasteiger partial charge in [-0.15, -0.1) is 0 Å². The summed E-state index contributed by atoms with van der Waals surface area (Å²) in [5.74, 6) is 0. The first kappa shape index (κ1) is 12.5. The number of benzene rings is 1. The van der Waals surface area contributed by atoms with E-state index in [1.165, 1.54) is 0 Å². The molecule has 16 heavy (non-hydrogen) atoms. The Morgan fingerprint density at radius 1 is 1.38 bits per heavy atom. The smallest absolute Gasteiger partial charge is 0.0991 e. The van der Waals surface area contributed by atoms with E-state index in [0.29, 0.717) is 12.0 Å². The molecule has 1 rings (SSSR count). The Morgan fingerprint density at radius 2 is 2.00 bits per heavy atom. The molecule has 1 atom stereocenters. The van der Waals surface area contributed by atoms with E-state index in [-0.39, 0.29) is 12.1 Å². The molecule has 0 bridgehead atoms. The molecule has 0 fully saturated rings. The van der Waals surface area contributed by atoms with Crippen molar-refractivity contribution in [3.05, 3.63) is 29.8 Å². The van der Waals surface area contributed by atoms with Crippen LogP contribution in [0.5, 0.6) is 0 Å². The maximum Gasteiger partial charge on any atom is 0.0991 e. The van der Waals surface area contributed by atoms with E-state index >= 15 is 0 Å². The second-order valence-corrected chi connectivity index (χ2v) is 4.20. The van der Waals surface area contributed by atoms with Gasteiger partial charge in [0.15, 0.2) is 0 Å². The Kier molecular flexibility index (Phi) is 4.33. The van der Waals surface area contributed by atoms with E-state index in [1.807, 2.05) is 12.1 Å². The molecule has 0 radical (unpaired) electrons. The van der Waals surface area contributed by atoms with Crippen molar-refractivity contribution in [3.63, 3.8) is 0 Å². The summed E-state index contributed by atoms with van der Waals surface area (Å²) in [6, 6.07) is 9.45. The number of aliphatic hydroxyl groups is 1. The van der Waals surface area contributed by atoms with Gasteiger partial charge in [0, 0.05) is 17.8 Å². The molecule has 0 saturated carbocycles. The molecule has 0 aliphatic heterocycles. The van der Waals surface area contributed by atoms with E-state index in [0.717, 1.165) is 12.1 Å². The maximum atomic E-state index is 9.01. The molecule has 86 valence electrons. The van der Waals surface area contributed by atoms with E-state index in [2.05, 4.69) is 25.2 Å². The van der Waals surface area contributed by atoms with Crippen molar-refractivity contribution in [2.75, 3.05) is 11.9 Å². The Morgan fingerprint density at radius 3 is 2.44 bits per heavy atom. The van der Waals surface area contributed by atoms with Gasteiger partial charge in [0.1, 0.15) is 0 Å². The molecule has 0 spiro atoms. The number of hydrogen-bond donors (Lipinski definition) is 2. The van der Waals surface area contributed by atoms with Gasteiger partial charge in [0.2, 0.25) is 0 Å². The first-order chi connectivity index (χ1) is 7.63. The molecule has 2 N–H and O–H groups in total. The minimum atomic E-state index is -0.0943. The molecule has 1 aromatic carbocycles. The summed E-state index contributed by atoms with van der Waals surface area (Å²) in [4.78, 5) is 0. The summed E-state index contributed by atoms with van der Waals surface area (Å²) in [7, 11) is 0. The second-order valence-electron chi connectivity index (χ2n) is 4.20. The van der Waals surface area contributed by atoms with Crippen LogP contribution >= 0.6 is 0 Å². The van der Waals surface area contributed by atoms with Gasteiger partial charge in [-0.3, -0.25) is 0 Å². The summed E-state index contributed by atoms with van der Waals surface area (Å²) in [6.45, 7) is 4.35. The molecule has 0 aliphatic rings. The second kappa shape index (κ2) is 5.53. The third kappa shape index (κ3) is 3.25. The summed E-state index contributed by atoms with van der Waals surface area (Å²) in [5, 5.41) is 21.1. The molecular formula is C13H18N2O. The molecule has 0 aliphatic carbocycles. The molecule has 0 heterocycles. The first-order valence-electron chi connectivity index (χ1n) is 5.53. The normalized spacial score (nSPS) is 13.9. The number of nitrogens with zero attached hydrogens (tertiary/aromatic N) is 1. The van der Waals surface area contributed by atoms with Gasteiger partial charge in [-0.05, 0) is 44.0 Å². The van der Waals surface area contributed by atoms with Crippen molar-refractivity contribution in [1.82, 2.24) is 0 Å². The van der Waals surface area contributed by atoms with Gasteiger partial charge < -0.3 is 10.4 Å². The van der Waals surface area contributed by atoms with Crippen molar-refractivity contribution in [3.8, 4) is 6.07 Å². The monoisotopic (exact) mass is 218 g/mol. The Labute approximate surface area is 96.7 Å². The lowest BCUT2D eigenvalue weighted by Gasteiger charge is -2.30. The molecule has 1 aromatic rings. The number of hydrogen-bond acceptors (Lipinski definition) is 3. The Bertz CT molecular complexity index is 367. The Hall–Kier alpha value is -1.53. The highest BCUT2D eigenvalue weighted by Gasteiger charge is 2.20. The number of nitriles is 1. The van der Waals surface area contributed by atoms with Crippen LogP contribution in [-0.2, 0) is 0 Å². The number of nitrogens with one attached hydrogen (secondary N) is 1. The zero-order valence-corrected chi connectivity index (χ0v) is 9.83. The van der Waals surface area contributed by atoms with Gasteiger partial charge in [-0.25, -0.2) is 0 Å². The van der Waals surface area contributed by atoms with Crippen LogP contribution in [0.15, 0.2) is 24.3 Å². The maximum absolute atomic E-state index is 9.01. The average molecular weight is 218 g/mol. The average Bonchev–Trinajstić information content (AvgIpc) is 2.30. The van der Waals surface area contributed by atoms with Crippen LogP contribution < -0.4 is 5.32 Å². The highest BCUT2D eigenvalue weighted by atomic mass is 16.3. The SMILES string of the molecule is CCC(C)(CCO)Nc1ccc(C#N)cc1. The lowest BCUT2D eigenvalue weighted by Crippen LogP contribution is -2.34. The van der Waals surface area contributed by atoms with Crippen LogP contribution in [0.3, 0.4) is 0 Å². The summed E-state index contributed by atoms with van der Waals surface area (Å²) in [6.07, 6.45) is 1.65. The van der Waals surface area contributed by atoms with Crippen molar-refractivity contribution >= 4 is 5.69 Å². The lowest BCUT2D eigenvalue weighted by atomic mass is 9.94. The van der Waals surface area contributed by atoms with Crippen molar-refractivity contribution in [2.45, 2.75) is 32.2 Å². The molecule has 1 unspecified atom stereocenters.